The zero-order valence-corrected chi connectivity index (χ0v) is 12.1. The molecule has 1 N–H and O–H groups in total. The van der Waals surface area contributed by atoms with Crippen LogP contribution in [0.2, 0.25) is 0 Å². The highest BCUT2D eigenvalue weighted by Crippen LogP contribution is 2.35. The number of aromatic hydroxyl groups is 1. The molecule has 0 aliphatic heterocycles. The first kappa shape index (κ1) is 13.7. The highest BCUT2D eigenvalue weighted by atomic mass is 32.2. The van der Waals surface area contributed by atoms with Gasteiger partial charge < -0.3 is 10.0 Å². The molecule has 1 unspecified atom stereocenters. The number of carbonyl (C=O) groups excluding carboxylic acids is 1. The number of hydrogen-bond donors (Lipinski definition) is 1. The molecule has 2 rings (SSSR count). The Morgan fingerprint density at radius 2 is 1.79 bits per heavy atom. The van der Waals surface area contributed by atoms with Gasteiger partial charge in [-0.3, -0.25) is 4.79 Å². The number of amides is 1. The van der Waals surface area contributed by atoms with Crippen molar-refractivity contribution in [2.45, 2.75) is 17.1 Å². The van der Waals surface area contributed by atoms with Crippen LogP contribution in [0, 0.1) is 0 Å². The summed E-state index contributed by atoms with van der Waals surface area (Å²) in [7, 11) is 3.52. The second kappa shape index (κ2) is 5.53. The number of thioether (sulfide) groups is 1. The van der Waals surface area contributed by atoms with E-state index in [0.29, 0.717) is 0 Å². The largest absolute Gasteiger partial charge is 0.507 e. The summed E-state index contributed by atoms with van der Waals surface area (Å²) in [5.41, 5.74) is 0. The Kier molecular flexibility index (Phi) is 4.00. The standard InChI is InChI=1S/C15H17NO2S/c1-10(15(18)16(2)3)19-14-9-8-13(17)11-6-4-5-7-12(11)14/h4-10,17H,1-3H3. The molecule has 0 bridgehead atoms. The zero-order chi connectivity index (χ0) is 14.0. The summed E-state index contributed by atoms with van der Waals surface area (Å²) in [6.45, 7) is 1.90. The number of hydrogen-bond acceptors (Lipinski definition) is 3. The molecule has 19 heavy (non-hydrogen) atoms. The predicted octanol–water partition coefficient (Wildman–Crippen LogP) is 3.11. The molecule has 0 aromatic heterocycles. The Morgan fingerprint density at radius 3 is 2.42 bits per heavy atom. The molecular formula is C15H17NO2S. The summed E-state index contributed by atoms with van der Waals surface area (Å²) in [5.74, 6) is 0.355. The SMILES string of the molecule is CC(Sc1ccc(O)c2ccccc12)C(=O)N(C)C. The molecule has 1 atom stereocenters. The van der Waals surface area contributed by atoms with Gasteiger partial charge in [0.2, 0.25) is 5.91 Å². The van der Waals surface area contributed by atoms with Crippen LogP contribution in [-0.2, 0) is 4.79 Å². The van der Waals surface area contributed by atoms with Crippen LogP contribution < -0.4 is 0 Å². The Hall–Kier alpha value is -1.68. The van der Waals surface area contributed by atoms with Crippen LogP contribution in [0.15, 0.2) is 41.3 Å². The van der Waals surface area contributed by atoms with E-state index < -0.39 is 0 Å². The molecule has 0 aliphatic rings. The lowest BCUT2D eigenvalue weighted by molar-refractivity contribution is -0.127. The van der Waals surface area contributed by atoms with Gasteiger partial charge in [0.05, 0.1) is 5.25 Å². The molecule has 0 saturated carbocycles. The first-order valence-corrected chi connectivity index (χ1v) is 6.97. The van der Waals surface area contributed by atoms with Gasteiger partial charge in [-0.1, -0.05) is 24.3 Å². The summed E-state index contributed by atoms with van der Waals surface area (Å²) < 4.78 is 0. The number of fused-ring (bicyclic) bond motifs is 1. The Balaban J connectivity index is 2.36. The van der Waals surface area contributed by atoms with E-state index in [9.17, 15) is 9.90 Å². The van der Waals surface area contributed by atoms with Gasteiger partial charge in [0.25, 0.3) is 0 Å². The summed E-state index contributed by atoms with van der Waals surface area (Å²) in [6.07, 6.45) is 0. The van der Waals surface area contributed by atoms with E-state index >= 15 is 0 Å². The topological polar surface area (TPSA) is 40.5 Å². The van der Waals surface area contributed by atoms with Crippen molar-refractivity contribution in [3.05, 3.63) is 36.4 Å². The number of phenolic OH excluding ortho intramolecular Hbond substituents is 1. The maximum Gasteiger partial charge on any atom is 0.235 e. The molecule has 0 radical (unpaired) electrons. The normalized spacial score (nSPS) is 12.4. The average Bonchev–Trinajstić information content (AvgIpc) is 2.41. The first-order chi connectivity index (χ1) is 9.00. The van der Waals surface area contributed by atoms with Crippen molar-refractivity contribution in [1.82, 2.24) is 4.90 Å². The van der Waals surface area contributed by atoms with E-state index in [1.54, 1.807) is 25.1 Å². The van der Waals surface area contributed by atoms with Gasteiger partial charge in [-0.25, -0.2) is 0 Å². The zero-order valence-electron chi connectivity index (χ0n) is 11.3. The lowest BCUT2D eigenvalue weighted by Crippen LogP contribution is -2.29. The van der Waals surface area contributed by atoms with E-state index in [2.05, 4.69) is 0 Å². The van der Waals surface area contributed by atoms with E-state index in [-0.39, 0.29) is 16.9 Å². The molecule has 100 valence electrons. The van der Waals surface area contributed by atoms with Crippen molar-refractivity contribution < 1.29 is 9.90 Å². The summed E-state index contributed by atoms with van der Waals surface area (Å²) in [5, 5.41) is 11.5. The van der Waals surface area contributed by atoms with Crippen LogP contribution in [0.25, 0.3) is 10.8 Å². The van der Waals surface area contributed by atoms with Crippen molar-refractivity contribution >= 4 is 28.4 Å². The second-order valence-electron chi connectivity index (χ2n) is 4.62. The smallest absolute Gasteiger partial charge is 0.235 e. The highest BCUT2D eigenvalue weighted by Gasteiger charge is 2.17. The molecule has 2 aromatic rings. The van der Waals surface area contributed by atoms with Crippen LogP contribution in [-0.4, -0.2) is 35.3 Å². The summed E-state index contributed by atoms with van der Waals surface area (Å²) in [4.78, 5) is 14.5. The van der Waals surface area contributed by atoms with Gasteiger partial charge in [-0.15, -0.1) is 11.8 Å². The van der Waals surface area contributed by atoms with Gasteiger partial charge in [-0.2, -0.15) is 0 Å². The van der Waals surface area contributed by atoms with Gasteiger partial charge in [0, 0.05) is 24.4 Å². The van der Waals surface area contributed by atoms with Gasteiger partial charge in [-0.05, 0) is 24.4 Å². The van der Waals surface area contributed by atoms with E-state index in [4.69, 9.17) is 0 Å². The van der Waals surface area contributed by atoms with Crippen molar-refractivity contribution in [2.75, 3.05) is 14.1 Å². The summed E-state index contributed by atoms with van der Waals surface area (Å²) in [6, 6.07) is 11.2. The third-order valence-corrected chi connectivity index (χ3v) is 4.12. The molecule has 1 amide bonds. The predicted molar refractivity (Wildman–Crippen MR) is 79.6 cm³/mol. The maximum atomic E-state index is 11.9. The fraction of sp³-hybridized carbons (Fsp3) is 0.267. The average molecular weight is 275 g/mol. The molecule has 0 fully saturated rings. The Bertz CT molecular complexity index is 610. The van der Waals surface area contributed by atoms with Crippen LogP contribution in [0.4, 0.5) is 0 Å². The quantitative estimate of drug-likeness (QED) is 0.875. The van der Waals surface area contributed by atoms with Crippen LogP contribution >= 0.6 is 11.8 Å². The molecule has 4 heteroatoms. The third kappa shape index (κ3) is 2.84. The first-order valence-electron chi connectivity index (χ1n) is 6.09. The van der Waals surface area contributed by atoms with Crippen LogP contribution in [0.1, 0.15) is 6.92 Å². The lowest BCUT2D eigenvalue weighted by Gasteiger charge is -2.17. The van der Waals surface area contributed by atoms with Gasteiger partial charge in [0.1, 0.15) is 5.75 Å². The minimum absolute atomic E-state index is 0.0853. The van der Waals surface area contributed by atoms with Crippen molar-refractivity contribution in [3.8, 4) is 5.75 Å². The Labute approximate surface area is 117 Å². The number of benzene rings is 2. The fourth-order valence-electron chi connectivity index (χ4n) is 1.96. The van der Waals surface area contributed by atoms with Gasteiger partial charge in [0.15, 0.2) is 0 Å². The molecule has 0 heterocycles. The molecule has 2 aromatic carbocycles. The fourth-order valence-corrected chi connectivity index (χ4v) is 3.11. The van der Waals surface area contributed by atoms with Crippen LogP contribution in [0.3, 0.4) is 0 Å². The molecule has 0 spiro atoms. The maximum absolute atomic E-state index is 11.9. The monoisotopic (exact) mass is 275 g/mol. The number of nitrogens with zero attached hydrogens (tertiary/aromatic N) is 1. The minimum Gasteiger partial charge on any atom is -0.507 e. The molecule has 3 nitrogen and oxygen atoms in total. The van der Waals surface area contributed by atoms with E-state index in [1.807, 2.05) is 37.3 Å². The van der Waals surface area contributed by atoms with Crippen LogP contribution in [0.5, 0.6) is 5.75 Å². The Morgan fingerprint density at radius 1 is 1.16 bits per heavy atom. The van der Waals surface area contributed by atoms with Crippen molar-refractivity contribution in [1.29, 1.82) is 0 Å². The minimum atomic E-state index is -0.150. The molecular weight excluding hydrogens is 258 g/mol. The van der Waals surface area contributed by atoms with Gasteiger partial charge >= 0.3 is 0 Å². The third-order valence-electron chi connectivity index (χ3n) is 2.95. The summed E-state index contributed by atoms with van der Waals surface area (Å²) >= 11 is 1.52. The molecule has 0 saturated heterocycles. The lowest BCUT2D eigenvalue weighted by atomic mass is 10.1. The number of rotatable bonds is 3. The highest BCUT2D eigenvalue weighted by molar-refractivity contribution is 8.00. The van der Waals surface area contributed by atoms with E-state index in [1.165, 1.54) is 11.8 Å². The van der Waals surface area contributed by atoms with Crippen molar-refractivity contribution in [3.63, 3.8) is 0 Å². The van der Waals surface area contributed by atoms with Crippen molar-refractivity contribution in [2.24, 2.45) is 0 Å². The number of phenols is 1. The number of carbonyl (C=O) groups is 1. The van der Waals surface area contributed by atoms with E-state index in [0.717, 1.165) is 15.7 Å². The molecule has 0 aliphatic carbocycles. The second-order valence-corrected chi connectivity index (χ2v) is 6.00.